The van der Waals surface area contributed by atoms with E-state index in [-0.39, 0.29) is 4.90 Å². The minimum atomic E-state index is -3.99. The van der Waals surface area contributed by atoms with Crippen LogP contribution in [0.25, 0.3) is 0 Å². The first-order valence-electron chi connectivity index (χ1n) is 8.69. The Labute approximate surface area is 169 Å². The van der Waals surface area contributed by atoms with Crippen molar-refractivity contribution in [3.05, 3.63) is 53.1 Å². The van der Waals surface area contributed by atoms with Gasteiger partial charge in [0.05, 0.1) is 18.1 Å². The summed E-state index contributed by atoms with van der Waals surface area (Å²) in [6.45, 7) is 0.951. The second-order valence-corrected chi connectivity index (χ2v) is 8.68. The van der Waals surface area contributed by atoms with Crippen LogP contribution in [0.4, 0.5) is 0 Å². The zero-order valence-electron chi connectivity index (χ0n) is 15.5. The molecule has 1 N–H and O–H groups in total. The summed E-state index contributed by atoms with van der Waals surface area (Å²) < 4.78 is 38.6. The van der Waals surface area contributed by atoms with Crippen LogP contribution in [0, 0.1) is 0 Å². The van der Waals surface area contributed by atoms with Crippen LogP contribution in [0.5, 0.6) is 11.5 Å². The van der Waals surface area contributed by atoms with Gasteiger partial charge in [0.15, 0.2) is 11.5 Å². The lowest BCUT2D eigenvalue weighted by Gasteiger charge is -2.27. The van der Waals surface area contributed by atoms with Crippen LogP contribution < -0.4 is 14.8 Å². The van der Waals surface area contributed by atoms with Gasteiger partial charge in [0.25, 0.3) is 0 Å². The van der Waals surface area contributed by atoms with Gasteiger partial charge in [-0.3, -0.25) is 4.79 Å². The Hall–Kier alpha value is -2.29. The fourth-order valence-corrected chi connectivity index (χ4v) is 4.37. The van der Waals surface area contributed by atoms with Crippen molar-refractivity contribution in [1.82, 2.24) is 9.62 Å². The molecular weight excluding hydrogens is 404 g/mol. The summed E-state index contributed by atoms with van der Waals surface area (Å²) in [5.74, 6) is 0.414. The average Bonchev–Trinajstić information content (AvgIpc) is 2.94. The molecule has 150 valence electrons. The molecule has 7 nitrogen and oxygen atoms in total. The molecule has 0 spiro atoms. The molecule has 0 radical (unpaired) electrons. The molecule has 2 aromatic rings. The Morgan fingerprint density at radius 1 is 1.11 bits per heavy atom. The summed E-state index contributed by atoms with van der Waals surface area (Å²) in [5, 5.41) is 3.01. The highest BCUT2D eigenvalue weighted by atomic mass is 35.5. The highest BCUT2D eigenvalue weighted by molar-refractivity contribution is 7.89. The summed E-state index contributed by atoms with van der Waals surface area (Å²) in [6, 6.07) is 9.87. The normalized spacial score (nSPS) is 15.0. The molecule has 0 bridgehead atoms. The first kappa shape index (κ1) is 20.4. The molecular formula is C19H21ClN2O5S. The Balaban J connectivity index is 1.99. The number of carbonyl (C=O) groups is 1. The number of fused-ring (bicyclic) bond motifs is 1. The topological polar surface area (TPSA) is 84.9 Å². The van der Waals surface area contributed by atoms with Gasteiger partial charge in [0, 0.05) is 31.6 Å². The number of nitrogens with zero attached hydrogens (tertiary/aromatic N) is 1. The van der Waals surface area contributed by atoms with Gasteiger partial charge < -0.3 is 14.8 Å². The first-order chi connectivity index (χ1) is 13.3. The van der Waals surface area contributed by atoms with E-state index in [1.165, 1.54) is 26.2 Å². The molecule has 2 aromatic carbocycles. The number of carbonyl (C=O) groups excluding carboxylic acids is 1. The number of likely N-dealkylation sites (N-methyl/N-ethyl adjacent to an activating group) is 2. The van der Waals surface area contributed by atoms with Crippen molar-refractivity contribution in [2.45, 2.75) is 17.4 Å². The molecule has 0 saturated carbocycles. The van der Waals surface area contributed by atoms with Crippen molar-refractivity contribution in [3.8, 4) is 11.5 Å². The van der Waals surface area contributed by atoms with E-state index in [4.69, 9.17) is 21.1 Å². The Kier molecular flexibility index (Phi) is 6.12. The molecule has 1 atom stereocenters. The van der Waals surface area contributed by atoms with E-state index < -0.39 is 22.0 Å². The Morgan fingerprint density at radius 2 is 1.75 bits per heavy atom. The van der Waals surface area contributed by atoms with Gasteiger partial charge in [-0.15, -0.1) is 0 Å². The van der Waals surface area contributed by atoms with Gasteiger partial charge in [0.1, 0.15) is 6.04 Å². The maximum absolute atomic E-state index is 13.2. The van der Waals surface area contributed by atoms with Crippen LogP contribution in [-0.2, 0) is 14.8 Å². The molecule has 0 saturated heterocycles. The molecule has 0 unspecified atom stereocenters. The highest BCUT2D eigenvalue weighted by Gasteiger charge is 2.34. The number of rotatable bonds is 5. The van der Waals surface area contributed by atoms with Crippen molar-refractivity contribution in [2.75, 3.05) is 27.3 Å². The molecule has 0 fully saturated rings. The number of amides is 1. The van der Waals surface area contributed by atoms with Gasteiger partial charge >= 0.3 is 0 Å². The van der Waals surface area contributed by atoms with Gasteiger partial charge in [-0.2, -0.15) is 4.31 Å². The monoisotopic (exact) mass is 424 g/mol. The zero-order chi connectivity index (χ0) is 20.3. The molecule has 0 aromatic heterocycles. The van der Waals surface area contributed by atoms with Crippen molar-refractivity contribution >= 4 is 27.5 Å². The number of ether oxygens (including phenoxy) is 2. The fourth-order valence-electron chi connectivity index (χ4n) is 2.92. The Bertz CT molecular complexity index is 963. The van der Waals surface area contributed by atoms with Gasteiger partial charge in [0.2, 0.25) is 15.9 Å². The van der Waals surface area contributed by atoms with Gasteiger partial charge in [-0.1, -0.05) is 23.7 Å². The minimum absolute atomic E-state index is 0.0158. The second-order valence-electron chi connectivity index (χ2n) is 6.25. The van der Waals surface area contributed by atoms with Crippen molar-refractivity contribution in [1.29, 1.82) is 0 Å². The van der Waals surface area contributed by atoms with Gasteiger partial charge in [-0.05, 0) is 29.8 Å². The van der Waals surface area contributed by atoms with E-state index in [1.807, 2.05) is 0 Å². The van der Waals surface area contributed by atoms with E-state index in [2.05, 4.69) is 5.32 Å². The lowest BCUT2D eigenvalue weighted by molar-refractivity contribution is -0.124. The lowest BCUT2D eigenvalue weighted by Crippen LogP contribution is -2.40. The summed E-state index contributed by atoms with van der Waals surface area (Å²) in [5.41, 5.74) is 0.504. The fraction of sp³-hybridized carbons (Fsp3) is 0.316. The molecule has 28 heavy (non-hydrogen) atoms. The van der Waals surface area contributed by atoms with E-state index in [0.29, 0.717) is 41.7 Å². The van der Waals surface area contributed by atoms with Crippen LogP contribution in [0.15, 0.2) is 47.4 Å². The van der Waals surface area contributed by atoms with E-state index in [9.17, 15) is 13.2 Å². The SMILES string of the molecule is CNC(=O)[C@@H](c1ccc(Cl)cc1)N(C)S(=O)(=O)c1ccc2c(c1)OCCCO2. The number of nitrogens with one attached hydrogen (secondary N) is 1. The van der Waals surface area contributed by atoms with E-state index in [0.717, 1.165) is 4.31 Å². The van der Waals surface area contributed by atoms with Crippen LogP contribution in [-0.4, -0.2) is 45.9 Å². The second kappa shape index (κ2) is 8.38. The van der Waals surface area contributed by atoms with E-state index >= 15 is 0 Å². The third kappa shape index (κ3) is 4.09. The van der Waals surface area contributed by atoms with Crippen molar-refractivity contribution in [2.24, 2.45) is 0 Å². The molecule has 1 heterocycles. The third-order valence-corrected chi connectivity index (χ3v) is 6.51. The summed E-state index contributed by atoms with van der Waals surface area (Å²) in [4.78, 5) is 12.5. The molecule has 3 rings (SSSR count). The predicted octanol–water partition coefficient (Wildman–Crippen LogP) is 2.61. The molecule has 9 heteroatoms. The minimum Gasteiger partial charge on any atom is -0.490 e. The smallest absolute Gasteiger partial charge is 0.243 e. The summed E-state index contributed by atoms with van der Waals surface area (Å²) in [6.07, 6.45) is 0.714. The number of hydrogen-bond acceptors (Lipinski definition) is 5. The molecule has 1 amide bonds. The van der Waals surface area contributed by atoms with Crippen LogP contribution in [0.2, 0.25) is 5.02 Å². The third-order valence-electron chi connectivity index (χ3n) is 4.44. The number of benzene rings is 2. The summed E-state index contributed by atoms with van der Waals surface area (Å²) in [7, 11) is -1.17. The van der Waals surface area contributed by atoms with Crippen molar-refractivity contribution in [3.63, 3.8) is 0 Å². The zero-order valence-corrected chi connectivity index (χ0v) is 17.1. The van der Waals surface area contributed by atoms with E-state index in [1.54, 1.807) is 30.3 Å². The first-order valence-corrected chi connectivity index (χ1v) is 10.5. The predicted molar refractivity (Wildman–Crippen MR) is 105 cm³/mol. The number of hydrogen-bond donors (Lipinski definition) is 1. The molecule has 0 aliphatic carbocycles. The number of sulfonamides is 1. The molecule has 1 aliphatic heterocycles. The average molecular weight is 425 g/mol. The molecule has 1 aliphatic rings. The lowest BCUT2D eigenvalue weighted by atomic mass is 10.1. The van der Waals surface area contributed by atoms with Crippen LogP contribution in [0.3, 0.4) is 0 Å². The van der Waals surface area contributed by atoms with Crippen molar-refractivity contribution < 1.29 is 22.7 Å². The Morgan fingerprint density at radius 3 is 2.39 bits per heavy atom. The van der Waals surface area contributed by atoms with Crippen LogP contribution >= 0.6 is 11.6 Å². The summed E-state index contributed by atoms with van der Waals surface area (Å²) >= 11 is 5.92. The standard InChI is InChI=1S/C19H21ClN2O5S/c1-21-19(23)18(13-4-6-14(20)7-5-13)22(2)28(24,25)15-8-9-16-17(12-15)27-11-3-10-26-16/h4-9,12,18H,3,10-11H2,1-2H3,(H,21,23)/t18-/m1/s1. The number of halogens is 1. The maximum atomic E-state index is 13.2. The highest BCUT2D eigenvalue weighted by Crippen LogP contribution is 2.34. The largest absolute Gasteiger partial charge is 0.490 e. The maximum Gasteiger partial charge on any atom is 0.243 e. The quantitative estimate of drug-likeness (QED) is 0.797. The van der Waals surface area contributed by atoms with Crippen LogP contribution in [0.1, 0.15) is 18.0 Å². The van der Waals surface area contributed by atoms with Gasteiger partial charge in [-0.25, -0.2) is 8.42 Å².